The second-order valence-corrected chi connectivity index (χ2v) is 13.1. The van der Waals surface area contributed by atoms with E-state index in [4.69, 9.17) is 14.5 Å². The molecular weight excluding hydrogens is 515 g/mol. The summed E-state index contributed by atoms with van der Waals surface area (Å²) < 4.78 is 43.4. The standard InChI is InChI=1S/C27H53O8PS/c1-5-8-10-12-14-15-16-18-20-23-37(31,32)25(21-19-17-13-11-9-6-2)24(4)34-35-27(36-30,26(28)29)33-22-7-3/h24-25H,5-23H2,1-4H3,(H,28,29). The van der Waals surface area contributed by atoms with Gasteiger partial charge in [-0.15, -0.1) is 0 Å². The molecule has 0 spiro atoms. The molecule has 3 unspecified atom stereocenters. The molecule has 0 bridgehead atoms. The Morgan fingerprint density at radius 3 is 1.76 bits per heavy atom. The van der Waals surface area contributed by atoms with E-state index in [0.717, 1.165) is 57.8 Å². The third kappa shape index (κ3) is 16.2. The lowest BCUT2D eigenvalue weighted by Gasteiger charge is -2.27. The van der Waals surface area contributed by atoms with Crippen molar-refractivity contribution in [3.05, 3.63) is 0 Å². The van der Waals surface area contributed by atoms with Gasteiger partial charge in [0, 0.05) is 0 Å². The molecule has 0 aliphatic rings. The van der Waals surface area contributed by atoms with E-state index >= 15 is 0 Å². The number of hydrogen-bond acceptors (Lipinski definition) is 7. The molecule has 0 amide bonds. The Labute approximate surface area is 227 Å². The van der Waals surface area contributed by atoms with Crippen LogP contribution in [0.4, 0.5) is 0 Å². The molecule has 0 heterocycles. The van der Waals surface area contributed by atoms with Crippen LogP contribution in [0.3, 0.4) is 0 Å². The van der Waals surface area contributed by atoms with Crippen LogP contribution in [0.15, 0.2) is 0 Å². The zero-order valence-corrected chi connectivity index (χ0v) is 25.5. The first-order valence-electron chi connectivity index (χ1n) is 14.5. The molecule has 8 nitrogen and oxygen atoms in total. The first-order valence-corrected chi connectivity index (χ1v) is 17.0. The number of carboxylic acids is 1. The van der Waals surface area contributed by atoms with Gasteiger partial charge in [-0.3, -0.25) is 4.57 Å². The molecule has 0 saturated heterocycles. The third-order valence-electron chi connectivity index (χ3n) is 6.56. The highest BCUT2D eigenvalue weighted by Gasteiger charge is 2.46. The molecule has 0 fully saturated rings. The van der Waals surface area contributed by atoms with Gasteiger partial charge >= 0.3 is 11.5 Å². The number of aliphatic carboxylic acids is 1. The number of unbranched alkanes of at least 4 members (excludes halogenated alkanes) is 13. The van der Waals surface area contributed by atoms with Gasteiger partial charge in [0.05, 0.1) is 17.6 Å². The number of carbonyl (C=O) groups is 1. The number of hydrogen-bond donors (Lipinski definition) is 1. The molecule has 0 aliphatic carbocycles. The molecule has 1 N–H and O–H groups in total. The predicted molar refractivity (Wildman–Crippen MR) is 149 cm³/mol. The number of sulfone groups is 1. The van der Waals surface area contributed by atoms with E-state index in [2.05, 4.69) is 13.8 Å². The Bertz CT molecular complexity index is 688. The minimum Gasteiger partial charge on any atom is -0.477 e. The molecule has 0 aromatic carbocycles. The van der Waals surface area contributed by atoms with Gasteiger partial charge < -0.3 is 9.84 Å². The Morgan fingerprint density at radius 1 is 0.811 bits per heavy atom. The summed E-state index contributed by atoms with van der Waals surface area (Å²) >= 11 is 0. The monoisotopic (exact) mass is 568 g/mol. The molecule has 3 atom stereocenters. The Kier molecular flexibility index (Phi) is 21.9. The van der Waals surface area contributed by atoms with Gasteiger partial charge in [-0.25, -0.2) is 18.1 Å². The summed E-state index contributed by atoms with van der Waals surface area (Å²) in [6.45, 7) is 7.68. The fourth-order valence-electron chi connectivity index (χ4n) is 4.24. The number of rotatable bonds is 27. The van der Waals surface area contributed by atoms with Crippen molar-refractivity contribution in [3.8, 4) is 0 Å². The highest BCUT2D eigenvalue weighted by molar-refractivity contribution is 7.92. The Morgan fingerprint density at radius 2 is 1.30 bits per heavy atom. The van der Waals surface area contributed by atoms with Gasteiger partial charge in [0.15, 0.2) is 9.84 Å². The summed E-state index contributed by atoms with van der Waals surface area (Å²) in [6.07, 6.45) is 15.9. The van der Waals surface area contributed by atoms with Crippen molar-refractivity contribution in [3.63, 3.8) is 0 Å². The van der Waals surface area contributed by atoms with E-state index in [1.165, 1.54) is 32.1 Å². The molecule has 10 heteroatoms. The van der Waals surface area contributed by atoms with Crippen molar-refractivity contribution in [1.29, 1.82) is 0 Å². The normalized spacial score (nSPS) is 15.5. The van der Waals surface area contributed by atoms with E-state index in [-0.39, 0.29) is 12.4 Å². The molecule has 0 rings (SSSR count). The smallest absolute Gasteiger partial charge is 0.380 e. The van der Waals surface area contributed by atoms with Gasteiger partial charge in [0.2, 0.25) is 8.46 Å². The summed E-state index contributed by atoms with van der Waals surface area (Å²) in [5, 5.41) is 8.66. The second kappa shape index (κ2) is 22.2. The van der Waals surface area contributed by atoms with Crippen LogP contribution < -0.4 is 0 Å². The second-order valence-electron chi connectivity index (χ2n) is 10.0. The lowest BCUT2D eigenvalue weighted by atomic mass is 10.1. The lowest BCUT2D eigenvalue weighted by molar-refractivity contribution is -0.402. The molecule has 0 aliphatic heterocycles. The third-order valence-corrected chi connectivity index (χ3v) is 9.60. The van der Waals surface area contributed by atoms with E-state index in [1.54, 1.807) is 13.8 Å². The van der Waals surface area contributed by atoms with Crippen molar-refractivity contribution < 1.29 is 37.4 Å². The van der Waals surface area contributed by atoms with Gasteiger partial charge in [-0.05, 0) is 26.2 Å². The first kappa shape index (κ1) is 36.4. The van der Waals surface area contributed by atoms with Crippen LogP contribution in [-0.4, -0.2) is 48.7 Å². The van der Waals surface area contributed by atoms with Crippen LogP contribution in [0.2, 0.25) is 0 Å². The molecular formula is C27H53O8PS. The largest absolute Gasteiger partial charge is 0.477 e. The van der Waals surface area contributed by atoms with Crippen molar-refractivity contribution in [2.45, 2.75) is 154 Å². The summed E-state index contributed by atoms with van der Waals surface area (Å²) in [4.78, 5) is 22.0. The lowest BCUT2D eigenvalue weighted by Crippen LogP contribution is -2.43. The molecule has 0 aromatic rings. The van der Waals surface area contributed by atoms with Crippen LogP contribution in [0.5, 0.6) is 0 Å². The molecule has 0 aromatic heterocycles. The Hall–Kier alpha value is -0.600. The quantitative estimate of drug-likeness (QED) is 0.0350. The molecule has 0 saturated carbocycles. The summed E-state index contributed by atoms with van der Waals surface area (Å²) in [5.74, 6) is -1.54. The van der Waals surface area contributed by atoms with Crippen LogP contribution in [0.1, 0.15) is 137 Å². The van der Waals surface area contributed by atoms with E-state index < -0.39 is 41.1 Å². The first-order chi connectivity index (χ1) is 17.7. The van der Waals surface area contributed by atoms with Crippen molar-refractivity contribution in [1.82, 2.24) is 0 Å². The van der Waals surface area contributed by atoms with Crippen molar-refractivity contribution in [2.24, 2.45) is 0 Å². The minimum absolute atomic E-state index is 0.00261. The zero-order chi connectivity index (χ0) is 28.0. The summed E-state index contributed by atoms with van der Waals surface area (Å²) in [5.41, 5.74) is -2.52. The number of carboxylic acid groups (broad SMARTS) is 1. The average molecular weight is 569 g/mol. The molecule has 37 heavy (non-hydrogen) atoms. The van der Waals surface area contributed by atoms with Gasteiger partial charge in [-0.2, -0.15) is 4.89 Å². The number of ether oxygens (including phenoxy) is 1. The van der Waals surface area contributed by atoms with Gasteiger partial charge in [0.25, 0.3) is 0 Å². The van der Waals surface area contributed by atoms with Crippen molar-refractivity contribution in [2.75, 3.05) is 12.4 Å². The van der Waals surface area contributed by atoms with Gasteiger partial charge in [-0.1, -0.05) is 111 Å². The van der Waals surface area contributed by atoms with Crippen LogP contribution >= 0.6 is 8.46 Å². The molecule has 220 valence electrons. The van der Waals surface area contributed by atoms with E-state index in [9.17, 15) is 22.9 Å². The van der Waals surface area contributed by atoms with Crippen LogP contribution in [0, 0.1) is 0 Å². The minimum atomic E-state index is -3.51. The zero-order valence-electron chi connectivity index (χ0n) is 23.8. The van der Waals surface area contributed by atoms with Crippen molar-refractivity contribution >= 4 is 24.3 Å². The SMILES string of the molecule is CCCCCCCCCCCS(=O)(=O)C(CCCCCCCC)C(C)OOC(OCCC)(P=O)C(=O)O. The maximum absolute atomic E-state index is 13.3. The maximum Gasteiger partial charge on any atom is 0.380 e. The van der Waals surface area contributed by atoms with E-state index in [0.29, 0.717) is 19.3 Å². The fourth-order valence-corrected chi connectivity index (χ4v) is 6.60. The topological polar surface area (TPSA) is 116 Å². The summed E-state index contributed by atoms with van der Waals surface area (Å²) in [6, 6.07) is 0. The van der Waals surface area contributed by atoms with Crippen LogP contribution in [-0.2, 0) is 33.7 Å². The predicted octanol–water partition coefficient (Wildman–Crippen LogP) is 7.84. The highest BCUT2D eigenvalue weighted by Crippen LogP contribution is 2.30. The average Bonchev–Trinajstić information content (AvgIpc) is 2.87. The van der Waals surface area contributed by atoms with Crippen LogP contribution in [0.25, 0.3) is 0 Å². The maximum atomic E-state index is 13.3. The molecule has 0 radical (unpaired) electrons. The van der Waals surface area contributed by atoms with E-state index in [1.807, 2.05) is 0 Å². The Balaban J connectivity index is 5.04. The fraction of sp³-hybridized carbons (Fsp3) is 0.963. The summed E-state index contributed by atoms with van der Waals surface area (Å²) in [7, 11) is -4.44. The van der Waals surface area contributed by atoms with Gasteiger partial charge in [0.1, 0.15) is 6.10 Å². The highest BCUT2D eigenvalue weighted by atomic mass is 32.2.